The van der Waals surface area contributed by atoms with Gasteiger partial charge in [-0.05, 0) is 24.7 Å². The van der Waals surface area contributed by atoms with Crippen molar-refractivity contribution in [2.45, 2.75) is 26.2 Å². The van der Waals surface area contributed by atoms with Crippen LogP contribution in [0.5, 0.6) is 0 Å². The zero-order valence-corrected chi connectivity index (χ0v) is 4.70. The lowest BCUT2D eigenvalue weighted by Crippen LogP contribution is -1.85. The van der Waals surface area contributed by atoms with Crippen LogP contribution in [-0.4, -0.2) is 0 Å². The molecule has 1 saturated carbocycles. The van der Waals surface area contributed by atoms with Crippen LogP contribution >= 0.6 is 0 Å². The first-order chi connectivity index (χ1) is 3.31. The summed E-state index contributed by atoms with van der Waals surface area (Å²) in [4.78, 5) is 0. The minimum atomic E-state index is 0.722. The lowest BCUT2D eigenvalue weighted by atomic mass is 10.1. The summed E-state index contributed by atoms with van der Waals surface area (Å²) in [5.41, 5.74) is 2.45. The molecule has 2 rings (SSSR count). The minimum absolute atomic E-state index is 0.722. The zero-order valence-electron chi connectivity index (χ0n) is 4.70. The fourth-order valence-corrected chi connectivity index (χ4v) is 1.05. The highest BCUT2D eigenvalue weighted by Gasteiger charge is 2.43. The maximum atomic E-state index is 2.37. The molecule has 0 aliphatic heterocycles. The average Bonchev–Trinajstić information content (AvgIpc) is 2.14. The topological polar surface area (TPSA) is 0 Å². The standard InChI is InChI=1S/C7H10/c1-7(4-5-7)6-2-3-6/h2H,3-5H2,1H3. The van der Waals surface area contributed by atoms with Crippen LogP contribution in [0.2, 0.25) is 0 Å². The highest BCUT2D eigenvalue weighted by atomic mass is 14.5. The van der Waals surface area contributed by atoms with Gasteiger partial charge >= 0.3 is 0 Å². The lowest BCUT2D eigenvalue weighted by Gasteiger charge is -1.96. The molecule has 0 heterocycles. The van der Waals surface area contributed by atoms with Crippen molar-refractivity contribution >= 4 is 0 Å². The summed E-state index contributed by atoms with van der Waals surface area (Å²) < 4.78 is 0. The Kier molecular flexibility index (Phi) is 0.421. The second-order valence-corrected chi connectivity index (χ2v) is 2.99. The first kappa shape index (κ1) is 3.71. The number of allylic oxidation sites excluding steroid dienone is 2. The number of rotatable bonds is 1. The Labute approximate surface area is 44.2 Å². The fraction of sp³-hybridized carbons (Fsp3) is 0.714. The van der Waals surface area contributed by atoms with Crippen LogP contribution in [0.25, 0.3) is 0 Å². The average molecular weight is 94.2 g/mol. The van der Waals surface area contributed by atoms with E-state index in [1.165, 1.54) is 19.3 Å². The Morgan fingerprint density at radius 2 is 2.14 bits per heavy atom. The first-order valence-electron chi connectivity index (χ1n) is 3.01. The summed E-state index contributed by atoms with van der Waals surface area (Å²) in [5.74, 6) is 0. The van der Waals surface area contributed by atoms with Gasteiger partial charge in [-0.1, -0.05) is 18.6 Å². The van der Waals surface area contributed by atoms with Crippen LogP contribution in [0.4, 0.5) is 0 Å². The molecule has 38 valence electrons. The smallest absolute Gasteiger partial charge is 0.0113 e. The molecule has 7 heavy (non-hydrogen) atoms. The van der Waals surface area contributed by atoms with Gasteiger partial charge < -0.3 is 0 Å². The van der Waals surface area contributed by atoms with E-state index in [1.807, 2.05) is 0 Å². The van der Waals surface area contributed by atoms with Gasteiger partial charge in [-0.25, -0.2) is 0 Å². The minimum Gasteiger partial charge on any atom is -0.0804 e. The van der Waals surface area contributed by atoms with E-state index in [0.717, 1.165) is 5.41 Å². The van der Waals surface area contributed by atoms with Crippen molar-refractivity contribution < 1.29 is 0 Å². The molecule has 2 aliphatic carbocycles. The molecule has 0 bridgehead atoms. The first-order valence-corrected chi connectivity index (χ1v) is 3.01. The van der Waals surface area contributed by atoms with Crippen molar-refractivity contribution in [2.75, 3.05) is 0 Å². The Bertz CT molecular complexity index is 127. The van der Waals surface area contributed by atoms with E-state index in [4.69, 9.17) is 0 Å². The molecule has 0 spiro atoms. The van der Waals surface area contributed by atoms with E-state index in [1.54, 1.807) is 5.57 Å². The molecule has 0 N–H and O–H groups in total. The van der Waals surface area contributed by atoms with Crippen molar-refractivity contribution in [2.24, 2.45) is 5.41 Å². The molecular formula is C7H10. The van der Waals surface area contributed by atoms with Crippen molar-refractivity contribution in [1.82, 2.24) is 0 Å². The summed E-state index contributed by atoms with van der Waals surface area (Å²) in [6, 6.07) is 0. The van der Waals surface area contributed by atoms with Gasteiger partial charge in [-0.3, -0.25) is 0 Å². The van der Waals surface area contributed by atoms with Gasteiger partial charge in [0.1, 0.15) is 0 Å². The molecule has 2 aliphatic rings. The summed E-state index contributed by atoms with van der Waals surface area (Å²) in [6.07, 6.45) is 6.60. The SMILES string of the molecule is CC1(C2=CC2)CC1. The molecule has 0 heteroatoms. The molecule has 1 fully saturated rings. The van der Waals surface area contributed by atoms with Crippen LogP contribution in [0.3, 0.4) is 0 Å². The van der Waals surface area contributed by atoms with Gasteiger partial charge in [-0.15, -0.1) is 0 Å². The van der Waals surface area contributed by atoms with Gasteiger partial charge in [0.05, 0.1) is 0 Å². The maximum absolute atomic E-state index is 2.37. The highest BCUT2D eigenvalue weighted by molar-refractivity contribution is 5.33. The molecule has 0 aromatic rings. The Hall–Kier alpha value is -0.260. The van der Waals surface area contributed by atoms with Gasteiger partial charge in [0, 0.05) is 0 Å². The van der Waals surface area contributed by atoms with Crippen LogP contribution in [0.15, 0.2) is 11.6 Å². The van der Waals surface area contributed by atoms with E-state index < -0.39 is 0 Å². The summed E-state index contributed by atoms with van der Waals surface area (Å²) in [5, 5.41) is 0. The van der Waals surface area contributed by atoms with Crippen LogP contribution < -0.4 is 0 Å². The fourth-order valence-electron chi connectivity index (χ4n) is 1.05. The predicted octanol–water partition coefficient (Wildman–Crippen LogP) is 2.12. The van der Waals surface area contributed by atoms with E-state index >= 15 is 0 Å². The second kappa shape index (κ2) is 0.795. The quantitative estimate of drug-likeness (QED) is 0.436. The summed E-state index contributed by atoms with van der Waals surface area (Å²) >= 11 is 0. The molecule has 0 saturated heterocycles. The summed E-state index contributed by atoms with van der Waals surface area (Å²) in [6.45, 7) is 2.37. The van der Waals surface area contributed by atoms with E-state index in [-0.39, 0.29) is 0 Å². The third-order valence-electron chi connectivity index (χ3n) is 2.18. The van der Waals surface area contributed by atoms with Gasteiger partial charge in [0.25, 0.3) is 0 Å². The Morgan fingerprint density at radius 1 is 1.57 bits per heavy atom. The van der Waals surface area contributed by atoms with Crippen molar-refractivity contribution in [3.8, 4) is 0 Å². The van der Waals surface area contributed by atoms with Crippen LogP contribution in [-0.2, 0) is 0 Å². The normalized spacial score (nSPS) is 31.9. The number of hydrogen-bond donors (Lipinski definition) is 0. The van der Waals surface area contributed by atoms with Gasteiger partial charge in [0.15, 0.2) is 0 Å². The molecule has 0 nitrogen and oxygen atoms in total. The molecule has 0 amide bonds. The van der Waals surface area contributed by atoms with E-state index in [2.05, 4.69) is 13.0 Å². The predicted molar refractivity (Wildman–Crippen MR) is 30.0 cm³/mol. The largest absolute Gasteiger partial charge is 0.0804 e. The molecule has 0 atom stereocenters. The zero-order chi connectivity index (χ0) is 4.91. The van der Waals surface area contributed by atoms with Gasteiger partial charge in [-0.2, -0.15) is 0 Å². The van der Waals surface area contributed by atoms with Crippen LogP contribution in [0.1, 0.15) is 26.2 Å². The Balaban J connectivity index is 2.18. The lowest BCUT2D eigenvalue weighted by molar-refractivity contribution is 0.712. The molecule has 0 unspecified atom stereocenters. The van der Waals surface area contributed by atoms with Crippen molar-refractivity contribution in [1.29, 1.82) is 0 Å². The molecule has 0 aromatic heterocycles. The van der Waals surface area contributed by atoms with Crippen molar-refractivity contribution in [3.63, 3.8) is 0 Å². The third-order valence-corrected chi connectivity index (χ3v) is 2.18. The monoisotopic (exact) mass is 94.1 g/mol. The van der Waals surface area contributed by atoms with Crippen molar-refractivity contribution in [3.05, 3.63) is 11.6 Å². The molecule has 0 aromatic carbocycles. The Morgan fingerprint density at radius 3 is 2.29 bits per heavy atom. The van der Waals surface area contributed by atoms with E-state index in [0.29, 0.717) is 0 Å². The molecular weight excluding hydrogens is 84.1 g/mol. The second-order valence-electron chi connectivity index (χ2n) is 2.99. The highest BCUT2D eigenvalue weighted by Crippen LogP contribution is 2.56. The molecule has 0 radical (unpaired) electrons. The van der Waals surface area contributed by atoms with Gasteiger partial charge in [0.2, 0.25) is 0 Å². The third kappa shape index (κ3) is 0.425. The number of hydrogen-bond acceptors (Lipinski definition) is 0. The van der Waals surface area contributed by atoms with Crippen LogP contribution in [0, 0.1) is 5.41 Å². The van der Waals surface area contributed by atoms with E-state index in [9.17, 15) is 0 Å². The maximum Gasteiger partial charge on any atom is -0.0113 e. The summed E-state index contributed by atoms with van der Waals surface area (Å²) in [7, 11) is 0.